The Morgan fingerprint density at radius 1 is 1.58 bits per heavy atom. The van der Waals surface area contributed by atoms with Gasteiger partial charge in [0.15, 0.2) is 6.10 Å². The molecule has 6 nitrogen and oxygen atoms in total. The van der Waals surface area contributed by atoms with Gasteiger partial charge in [0.2, 0.25) is 0 Å². The van der Waals surface area contributed by atoms with Crippen molar-refractivity contribution >= 4 is 23.3 Å². The van der Waals surface area contributed by atoms with E-state index in [4.69, 9.17) is 31.0 Å². The fourth-order valence-electron chi connectivity index (χ4n) is 2.10. The fraction of sp³-hybridized carbons (Fsp3) is 0.500. The van der Waals surface area contributed by atoms with Crippen LogP contribution >= 0.6 is 11.6 Å². The summed E-state index contributed by atoms with van der Waals surface area (Å²) < 4.78 is 24.8. The van der Waals surface area contributed by atoms with Gasteiger partial charge in [-0.3, -0.25) is 0 Å². The van der Waals surface area contributed by atoms with E-state index in [0.29, 0.717) is 17.9 Å². The Kier molecular flexibility index (Phi) is 6.39. The molecular weight excluding hydrogens is 341 g/mol. The van der Waals surface area contributed by atoms with Crippen molar-refractivity contribution in [1.82, 2.24) is 0 Å². The summed E-state index contributed by atoms with van der Waals surface area (Å²) in [5.74, 6) is -1.85. The number of halogens is 2. The number of carbonyl (C=O) groups is 1. The van der Waals surface area contributed by atoms with E-state index in [9.17, 15) is 9.18 Å². The molecular formula is C16H19ClFNO5. The molecule has 1 aromatic rings. The first-order chi connectivity index (χ1) is 11.4. The first-order valence-electron chi connectivity index (χ1n) is 7.64. The lowest BCUT2D eigenvalue weighted by Crippen LogP contribution is -2.28. The van der Waals surface area contributed by atoms with Gasteiger partial charge in [-0.1, -0.05) is 30.1 Å². The number of carboxylic acids is 1. The number of oxime groups is 1. The molecule has 1 heterocycles. The second-order valence-corrected chi connectivity index (χ2v) is 5.75. The van der Waals surface area contributed by atoms with Gasteiger partial charge in [0.25, 0.3) is 0 Å². The van der Waals surface area contributed by atoms with Crippen molar-refractivity contribution in [3.63, 3.8) is 0 Å². The Bertz CT molecular complexity index is 637. The zero-order valence-electron chi connectivity index (χ0n) is 13.4. The first kappa shape index (κ1) is 18.5. The van der Waals surface area contributed by atoms with Crippen LogP contribution in [0.2, 0.25) is 5.02 Å². The summed E-state index contributed by atoms with van der Waals surface area (Å²) in [4.78, 5) is 16.1. The molecule has 0 amide bonds. The van der Waals surface area contributed by atoms with E-state index < -0.39 is 24.0 Å². The van der Waals surface area contributed by atoms with Crippen molar-refractivity contribution in [2.45, 2.75) is 38.9 Å². The van der Waals surface area contributed by atoms with Crippen LogP contribution in [-0.4, -0.2) is 42.2 Å². The van der Waals surface area contributed by atoms with Crippen molar-refractivity contribution in [3.8, 4) is 5.75 Å². The normalized spacial score (nSPS) is 18.0. The molecule has 0 bridgehead atoms. The number of benzene rings is 1. The van der Waals surface area contributed by atoms with Gasteiger partial charge in [0, 0.05) is 18.2 Å². The van der Waals surface area contributed by atoms with Gasteiger partial charge in [0.1, 0.15) is 30.0 Å². The molecule has 2 atom stereocenters. The summed E-state index contributed by atoms with van der Waals surface area (Å²) in [5, 5.41) is 12.8. The Morgan fingerprint density at radius 2 is 2.33 bits per heavy atom. The molecule has 8 heteroatoms. The maximum Gasteiger partial charge on any atom is 0.344 e. The Labute approximate surface area is 144 Å². The van der Waals surface area contributed by atoms with Gasteiger partial charge in [-0.2, -0.15) is 0 Å². The smallest absolute Gasteiger partial charge is 0.344 e. The SMILES string of the molecule is CCCCOC1CON=C1c1cc(Cl)c(F)cc1OC(C)C(=O)O. The minimum atomic E-state index is -1.17. The molecule has 2 unspecified atom stereocenters. The molecule has 132 valence electrons. The zero-order chi connectivity index (χ0) is 17.7. The van der Waals surface area contributed by atoms with Crippen LogP contribution in [0.25, 0.3) is 0 Å². The van der Waals surface area contributed by atoms with Crippen LogP contribution in [0, 0.1) is 5.82 Å². The van der Waals surface area contributed by atoms with Crippen LogP contribution in [0.15, 0.2) is 17.3 Å². The highest BCUT2D eigenvalue weighted by atomic mass is 35.5. The summed E-state index contributed by atoms with van der Waals surface area (Å²) in [7, 11) is 0. The number of hydrogen-bond acceptors (Lipinski definition) is 5. The van der Waals surface area contributed by atoms with Crippen LogP contribution in [-0.2, 0) is 14.4 Å². The Hall–Kier alpha value is -1.86. The van der Waals surface area contributed by atoms with Crippen LogP contribution < -0.4 is 4.74 Å². The molecule has 1 aliphatic rings. The molecule has 0 aromatic heterocycles. The highest BCUT2D eigenvalue weighted by molar-refractivity contribution is 6.31. The van der Waals surface area contributed by atoms with E-state index in [0.717, 1.165) is 18.9 Å². The zero-order valence-corrected chi connectivity index (χ0v) is 14.2. The van der Waals surface area contributed by atoms with Gasteiger partial charge >= 0.3 is 5.97 Å². The van der Waals surface area contributed by atoms with Crippen molar-refractivity contribution in [2.24, 2.45) is 5.16 Å². The molecule has 1 aliphatic heterocycles. The second-order valence-electron chi connectivity index (χ2n) is 5.35. The number of carboxylic acid groups (broad SMARTS) is 1. The maximum atomic E-state index is 13.8. The Morgan fingerprint density at radius 3 is 3.00 bits per heavy atom. The number of ether oxygens (including phenoxy) is 2. The molecule has 24 heavy (non-hydrogen) atoms. The molecule has 0 radical (unpaired) electrons. The third-order valence-corrected chi connectivity index (χ3v) is 3.75. The number of hydrogen-bond donors (Lipinski definition) is 1. The molecule has 0 aliphatic carbocycles. The van der Waals surface area contributed by atoms with E-state index in [1.54, 1.807) is 0 Å². The monoisotopic (exact) mass is 359 g/mol. The van der Waals surface area contributed by atoms with Gasteiger partial charge < -0.3 is 19.4 Å². The number of unbranched alkanes of at least 4 members (excludes halogenated alkanes) is 1. The maximum absolute atomic E-state index is 13.8. The summed E-state index contributed by atoms with van der Waals surface area (Å²) in [6.07, 6.45) is 0.257. The standard InChI is InChI=1S/C16H19ClFNO5/c1-3-4-5-22-14-8-23-19-15(14)10-6-11(17)12(18)7-13(10)24-9(2)16(20)21/h6-7,9,14H,3-5,8H2,1-2H3,(H,20,21). The summed E-state index contributed by atoms with van der Waals surface area (Å²) >= 11 is 5.85. The van der Waals surface area contributed by atoms with E-state index in [1.165, 1.54) is 13.0 Å². The molecule has 1 aromatic carbocycles. The quantitative estimate of drug-likeness (QED) is 0.721. The molecule has 0 spiro atoms. The lowest BCUT2D eigenvalue weighted by molar-refractivity contribution is -0.144. The van der Waals surface area contributed by atoms with Crippen LogP contribution in [0.4, 0.5) is 4.39 Å². The predicted octanol–water partition coefficient (Wildman–Crippen LogP) is 3.25. The molecule has 2 rings (SSSR count). The summed E-state index contributed by atoms with van der Waals surface area (Å²) in [5.41, 5.74) is 0.758. The third kappa shape index (κ3) is 4.36. The fourth-order valence-corrected chi connectivity index (χ4v) is 2.26. The molecule has 0 fully saturated rings. The van der Waals surface area contributed by atoms with Gasteiger partial charge in [0.05, 0.1) is 5.02 Å². The highest BCUT2D eigenvalue weighted by Gasteiger charge is 2.30. The van der Waals surface area contributed by atoms with Crippen LogP contribution in [0.1, 0.15) is 32.3 Å². The largest absolute Gasteiger partial charge is 0.479 e. The predicted molar refractivity (Wildman–Crippen MR) is 86.3 cm³/mol. The van der Waals surface area contributed by atoms with E-state index in [-0.39, 0.29) is 17.4 Å². The minimum Gasteiger partial charge on any atom is -0.479 e. The first-order valence-corrected chi connectivity index (χ1v) is 8.02. The van der Waals surface area contributed by atoms with Gasteiger partial charge in [-0.05, 0) is 19.4 Å². The van der Waals surface area contributed by atoms with Crippen LogP contribution in [0.5, 0.6) is 5.75 Å². The van der Waals surface area contributed by atoms with Crippen LogP contribution in [0.3, 0.4) is 0 Å². The average molecular weight is 360 g/mol. The van der Waals surface area contributed by atoms with Crippen molar-refractivity contribution in [2.75, 3.05) is 13.2 Å². The van der Waals surface area contributed by atoms with Crippen molar-refractivity contribution in [3.05, 3.63) is 28.5 Å². The molecule has 1 N–H and O–H groups in total. The molecule has 0 saturated carbocycles. The number of rotatable bonds is 8. The van der Waals surface area contributed by atoms with Gasteiger partial charge in [-0.25, -0.2) is 9.18 Å². The summed E-state index contributed by atoms with van der Waals surface area (Å²) in [6.45, 7) is 4.14. The Balaban J connectivity index is 2.30. The third-order valence-electron chi connectivity index (χ3n) is 3.46. The summed E-state index contributed by atoms with van der Waals surface area (Å²) in [6, 6.07) is 2.38. The van der Waals surface area contributed by atoms with E-state index in [2.05, 4.69) is 5.16 Å². The highest BCUT2D eigenvalue weighted by Crippen LogP contribution is 2.30. The van der Waals surface area contributed by atoms with E-state index >= 15 is 0 Å². The second kappa shape index (κ2) is 8.30. The molecule has 0 saturated heterocycles. The topological polar surface area (TPSA) is 77.3 Å². The minimum absolute atomic E-state index is 0.0279. The lowest BCUT2D eigenvalue weighted by atomic mass is 10.0. The van der Waals surface area contributed by atoms with Gasteiger partial charge in [-0.15, -0.1) is 0 Å². The lowest BCUT2D eigenvalue weighted by Gasteiger charge is -2.17. The number of aliphatic carboxylic acids is 1. The van der Waals surface area contributed by atoms with Crippen molar-refractivity contribution < 1.29 is 28.6 Å². The van der Waals surface area contributed by atoms with Crippen molar-refractivity contribution in [1.29, 1.82) is 0 Å². The average Bonchev–Trinajstić information content (AvgIpc) is 2.99. The van der Waals surface area contributed by atoms with E-state index in [1.807, 2.05) is 6.92 Å². The number of nitrogens with zero attached hydrogens (tertiary/aromatic N) is 1.